The maximum Gasteiger partial charge on any atom is 0.422 e. The van der Waals surface area contributed by atoms with Gasteiger partial charge in [-0.15, -0.1) is 0 Å². The zero-order valence-electron chi connectivity index (χ0n) is 11.5. The van der Waals surface area contributed by atoms with Crippen LogP contribution in [0, 0.1) is 5.92 Å². The van der Waals surface area contributed by atoms with E-state index in [9.17, 15) is 22.8 Å². The number of hydrogen-bond acceptors (Lipinski definition) is 3. The highest BCUT2D eigenvalue weighted by molar-refractivity contribution is 9.09. The highest BCUT2D eigenvalue weighted by Gasteiger charge is 2.29. The number of halogens is 4. The topological polar surface area (TPSA) is 55.4 Å². The van der Waals surface area contributed by atoms with Crippen LogP contribution in [0.5, 0.6) is 0 Å². The molecule has 122 valence electrons. The summed E-state index contributed by atoms with van der Waals surface area (Å²) in [5.41, 5.74) is 0.946. The first kappa shape index (κ1) is 18.5. The van der Waals surface area contributed by atoms with Gasteiger partial charge >= 0.3 is 12.1 Å². The molecule has 0 bridgehead atoms. The van der Waals surface area contributed by atoms with Gasteiger partial charge in [-0.1, -0.05) is 46.3 Å². The summed E-state index contributed by atoms with van der Waals surface area (Å²) < 4.78 is 39.6. The van der Waals surface area contributed by atoms with E-state index in [4.69, 9.17) is 0 Å². The van der Waals surface area contributed by atoms with Crippen molar-refractivity contribution < 1.29 is 27.5 Å². The summed E-state index contributed by atoms with van der Waals surface area (Å²) in [7, 11) is 0. The Hall–Kier alpha value is -1.57. The first-order chi connectivity index (χ1) is 10.3. The van der Waals surface area contributed by atoms with Crippen LogP contribution in [0.15, 0.2) is 30.3 Å². The Morgan fingerprint density at radius 2 is 1.86 bits per heavy atom. The van der Waals surface area contributed by atoms with Gasteiger partial charge in [0.05, 0.1) is 5.92 Å². The molecule has 1 aromatic rings. The second kappa shape index (κ2) is 8.77. The fourth-order valence-electron chi connectivity index (χ4n) is 1.63. The molecular formula is C14H15BrF3NO3. The third-order valence-corrected chi connectivity index (χ3v) is 3.47. The van der Waals surface area contributed by atoms with Crippen LogP contribution in [0.25, 0.3) is 0 Å². The monoisotopic (exact) mass is 381 g/mol. The van der Waals surface area contributed by atoms with Gasteiger partial charge in [0.25, 0.3) is 0 Å². The standard InChI is InChI=1S/C14H15BrF3NO3/c15-7-11(6-10-4-2-1-3-5-10)13(21)19-8-12(20)22-9-14(16,17)18/h1-5,11H,6-9H2,(H,19,21). The molecule has 0 aliphatic heterocycles. The molecule has 0 saturated carbocycles. The van der Waals surface area contributed by atoms with E-state index >= 15 is 0 Å². The SMILES string of the molecule is O=C(CNC(=O)C(CBr)Cc1ccccc1)OCC(F)(F)F. The van der Waals surface area contributed by atoms with Gasteiger partial charge in [0.2, 0.25) is 5.91 Å². The Bertz CT molecular complexity index is 494. The van der Waals surface area contributed by atoms with Gasteiger partial charge in [0.15, 0.2) is 6.61 Å². The van der Waals surface area contributed by atoms with Crippen molar-refractivity contribution >= 4 is 27.8 Å². The fraction of sp³-hybridized carbons (Fsp3) is 0.429. The lowest BCUT2D eigenvalue weighted by Crippen LogP contribution is -2.37. The molecule has 22 heavy (non-hydrogen) atoms. The van der Waals surface area contributed by atoms with E-state index in [2.05, 4.69) is 26.0 Å². The van der Waals surface area contributed by atoms with E-state index in [1.165, 1.54) is 0 Å². The molecule has 1 atom stereocenters. The van der Waals surface area contributed by atoms with Gasteiger partial charge in [-0.2, -0.15) is 13.2 Å². The van der Waals surface area contributed by atoms with E-state index in [-0.39, 0.29) is 0 Å². The van der Waals surface area contributed by atoms with E-state index in [1.807, 2.05) is 30.3 Å². The van der Waals surface area contributed by atoms with E-state index in [1.54, 1.807) is 0 Å². The summed E-state index contributed by atoms with van der Waals surface area (Å²) in [6.07, 6.45) is -4.12. The zero-order chi connectivity index (χ0) is 16.6. The van der Waals surface area contributed by atoms with Crippen molar-refractivity contribution in [3.05, 3.63) is 35.9 Å². The molecule has 1 N–H and O–H groups in total. The Kier molecular flexibility index (Phi) is 7.37. The molecule has 1 rings (SSSR count). The first-order valence-electron chi connectivity index (χ1n) is 6.42. The molecule has 0 aliphatic carbocycles. The van der Waals surface area contributed by atoms with Crippen LogP contribution in [0.3, 0.4) is 0 Å². The smallest absolute Gasteiger partial charge is 0.422 e. The zero-order valence-corrected chi connectivity index (χ0v) is 13.1. The number of nitrogens with one attached hydrogen (secondary N) is 1. The van der Waals surface area contributed by atoms with Crippen LogP contribution in [-0.2, 0) is 20.7 Å². The number of amides is 1. The number of carbonyl (C=O) groups excluding carboxylic acids is 2. The minimum atomic E-state index is -4.58. The average molecular weight is 382 g/mol. The summed E-state index contributed by atoms with van der Waals surface area (Å²) in [5.74, 6) is -1.98. The highest BCUT2D eigenvalue weighted by Crippen LogP contribution is 2.14. The van der Waals surface area contributed by atoms with Gasteiger partial charge < -0.3 is 10.1 Å². The molecule has 0 spiro atoms. The minimum Gasteiger partial charge on any atom is -0.455 e. The molecule has 0 saturated heterocycles. The molecule has 0 fully saturated rings. The van der Waals surface area contributed by atoms with Crippen LogP contribution >= 0.6 is 15.9 Å². The molecule has 0 radical (unpaired) electrons. The van der Waals surface area contributed by atoms with Crippen molar-refractivity contribution in [2.24, 2.45) is 5.92 Å². The maximum atomic E-state index is 11.9. The van der Waals surface area contributed by atoms with Crippen molar-refractivity contribution in [1.29, 1.82) is 0 Å². The predicted molar refractivity (Wildman–Crippen MR) is 77.5 cm³/mol. The molecule has 0 heterocycles. The molecule has 1 aromatic carbocycles. The average Bonchev–Trinajstić information content (AvgIpc) is 2.48. The predicted octanol–water partition coefficient (Wildman–Crippen LogP) is 2.46. The largest absolute Gasteiger partial charge is 0.455 e. The van der Waals surface area contributed by atoms with Gasteiger partial charge in [0.1, 0.15) is 6.54 Å². The summed E-state index contributed by atoms with van der Waals surface area (Å²) in [6.45, 7) is -2.25. The number of benzene rings is 1. The van der Waals surface area contributed by atoms with Gasteiger partial charge in [-0.3, -0.25) is 9.59 Å². The molecule has 8 heteroatoms. The highest BCUT2D eigenvalue weighted by atomic mass is 79.9. The first-order valence-corrected chi connectivity index (χ1v) is 7.54. The molecule has 0 aromatic heterocycles. The number of alkyl halides is 4. The van der Waals surface area contributed by atoms with Crippen LogP contribution in [0.4, 0.5) is 13.2 Å². The lowest BCUT2D eigenvalue weighted by Gasteiger charge is -2.14. The fourth-order valence-corrected chi connectivity index (χ4v) is 2.16. The number of esters is 1. The van der Waals surface area contributed by atoms with Crippen molar-refractivity contribution in [2.75, 3.05) is 18.5 Å². The second-order valence-corrected chi connectivity index (χ2v) is 5.18. The lowest BCUT2D eigenvalue weighted by atomic mass is 10.0. The maximum absolute atomic E-state index is 11.9. The number of hydrogen-bond donors (Lipinski definition) is 1. The number of carbonyl (C=O) groups is 2. The number of rotatable bonds is 7. The molecule has 1 amide bonds. The molecule has 1 unspecified atom stereocenters. The van der Waals surface area contributed by atoms with Crippen LogP contribution in [0.1, 0.15) is 5.56 Å². The van der Waals surface area contributed by atoms with Crippen LogP contribution < -0.4 is 5.32 Å². The third-order valence-electron chi connectivity index (χ3n) is 2.69. The van der Waals surface area contributed by atoms with Crippen molar-refractivity contribution in [3.8, 4) is 0 Å². The van der Waals surface area contributed by atoms with Gasteiger partial charge in [-0.25, -0.2) is 0 Å². The normalized spacial score (nSPS) is 12.5. The van der Waals surface area contributed by atoms with Crippen molar-refractivity contribution in [2.45, 2.75) is 12.6 Å². The lowest BCUT2D eigenvalue weighted by molar-refractivity contribution is -0.185. The Balaban J connectivity index is 2.40. The Labute approximate surface area is 134 Å². The summed E-state index contributed by atoms with van der Waals surface area (Å²) in [5, 5.41) is 2.65. The Morgan fingerprint density at radius 3 is 2.41 bits per heavy atom. The van der Waals surface area contributed by atoms with Gasteiger partial charge in [0, 0.05) is 5.33 Å². The van der Waals surface area contributed by atoms with E-state index in [0.29, 0.717) is 11.8 Å². The Morgan fingerprint density at radius 1 is 1.23 bits per heavy atom. The van der Waals surface area contributed by atoms with Crippen LogP contribution in [-0.4, -0.2) is 36.5 Å². The van der Waals surface area contributed by atoms with Crippen molar-refractivity contribution in [1.82, 2.24) is 5.32 Å². The van der Waals surface area contributed by atoms with E-state index < -0.39 is 37.1 Å². The van der Waals surface area contributed by atoms with Gasteiger partial charge in [-0.05, 0) is 12.0 Å². The third kappa shape index (κ3) is 7.44. The second-order valence-electron chi connectivity index (χ2n) is 4.53. The van der Waals surface area contributed by atoms with E-state index in [0.717, 1.165) is 5.56 Å². The molecule has 0 aliphatic rings. The van der Waals surface area contributed by atoms with Crippen molar-refractivity contribution in [3.63, 3.8) is 0 Å². The van der Waals surface area contributed by atoms with Crippen LogP contribution in [0.2, 0.25) is 0 Å². The summed E-state index contributed by atoms with van der Waals surface area (Å²) in [4.78, 5) is 23.0. The number of ether oxygens (including phenoxy) is 1. The minimum absolute atomic E-state index is 0.366. The summed E-state index contributed by atoms with van der Waals surface area (Å²) >= 11 is 3.21. The quantitative estimate of drug-likeness (QED) is 0.583. The molecule has 4 nitrogen and oxygen atoms in total. The molecular weight excluding hydrogens is 367 g/mol. The summed E-state index contributed by atoms with van der Waals surface area (Å²) in [6, 6.07) is 9.25.